The number of fused-ring (bicyclic) bond motifs is 1. The highest BCUT2D eigenvalue weighted by atomic mass is 19.1. The van der Waals surface area contributed by atoms with Gasteiger partial charge in [0, 0.05) is 6.54 Å². The summed E-state index contributed by atoms with van der Waals surface area (Å²) in [5, 5.41) is 19.9. The predicted octanol–water partition coefficient (Wildman–Crippen LogP) is 1.92. The van der Waals surface area contributed by atoms with Crippen LogP contribution in [0.2, 0.25) is 0 Å². The van der Waals surface area contributed by atoms with Crippen LogP contribution in [0.15, 0.2) is 30.6 Å². The van der Waals surface area contributed by atoms with Gasteiger partial charge in [-0.2, -0.15) is 5.10 Å². The average Bonchev–Trinajstić information content (AvgIpc) is 3.15. The molecule has 0 spiro atoms. The number of urea groups is 1. The van der Waals surface area contributed by atoms with E-state index in [2.05, 4.69) is 15.7 Å². The SMILES string of the molecule is O=C(NCCn1cc([N+](=O)[O-])cn1)N[C@@H]1CCc2ccc(F)cc21. The molecule has 0 bridgehead atoms. The van der Waals surface area contributed by atoms with Crippen molar-refractivity contribution in [1.29, 1.82) is 0 Å². The van der Waals surface area contributed by atoms with Gasteiger partial charge >= 0.3 is 11.7 Å². The minimum atomic E-state index is -0.527. The summed E-state index contributed by atoms with van der Waals surface area (Å²) in [6.45, 7) is 0.588. The summed E-state index contributed by atoms with van der Waals surface area (Å²) in [5.41, 5.74) is 1.77. The smallest absolute Gasteiger partial charge is 0.315 e. The van der Waals surface area contributed by atoms with Crippen LogP contribution in [0.4, 0.5) is 14.9 Å². The fourth-order valence-corrected chi connectivity index (χ4v) is 2.79. The van der Waals surface area contributed by atoms with Gasteiger partial charge in [0.05, 0.1) is 17.5 Å². The first-order valence-corrected chi connectivity index (χ1v) is 7.52. The van der Waals surface area contributed by atoms with E-state index < -0.39 is 4.92 Å². The molecule has 2 N–H and O–H groups in total. The van der Waals surface area contributed by atoms with E-state index >= 15 is 0 Å². The Morgan fingerprint density at radius 2 is 2.33 bits per heavy atom. The van der Waals surface area contributed by atoms with Gasteiger partial charge in [0.2, 0.25) is 0 Å². The molecule has 1 atom stereocenters. The van der Waals surface area contributed by atoms with Crippen molar-refractivity contribution in [2.24, 2.45) is 0 Å². The maximum Gasteiger partial charge on any atom is 0.315 e. The second-order valence-corrected chi connectivity index (χ2v) is 5.55. The number of halogens is 1. The van der Waals surface area contributed by atoms with Gasteiger partial charge in [-0.25, -0.2) is 9.18 Å². The van der Waals surface area contributed by atoms with Crippen molar-refractivity contribution in [2.75, 3.05) is 6.54 Å². The third-order valence-corrected chi connectivity index (χ3v) is 3.95. The number of nitrogens with zero attached hydrogens (tertiary/aromatic N) is 3. The highest BCUT2D eigenvalue weighted by molar-refractivity contribution is 5.74. The number of benzene rings is 1. The molecular formula is C15H16FN5O3. The highest BCUT2D eigenvalue weighted by Gasteiger charge is 2.24. The molecule has 8 nitrogen and oxygen atoms in total. The molecule has 0 radical (unpaired) electrons. The number of hydrogen-bond donors (Lipinski definition) is 2. The van der Waals surface area contributed by atoms with Crippen LogP contribution in [0.3, 0.4) is 0 Å². The van der Waals surface area contributed by atoms with Crippen molar-refractivity contribution in [3.63, 3.8) is 0 Å². The second-order valence-electron chi connectivity index (χ2n) is 5.55. The molecule has 24 heavy (non-hydrogen) atoms. The number of rotatable bonds is 5. The molecule has 0 saturated carbocycles. The van der Waals surface area contributed by atoms with Gasteiger partial charge in [0.25, 0.3) is 0 Å². The maximum absolute atomic E-state index is 13.3. The van der Waals surface area contributed by atoms with Crippen LogP contribution in [0.5, 0.6) is 0 Å². The van der Waals surface area contributed by atoms with Crippen LogP contribution in [0.1, 0.15) is 23.6 Å². The lowest BCUT2D eigenvalue weighted by molar-refractivity contribution is -0.385. The van der Waals surface area contributed by atoms with Crippen LogP contribution in [-0.2, 0) is 13.0 Å². The number of amides is 2. The molecule has 0 unspecified atom stereocenters. The molecule has 0 saturated heterocycles. The molecule has 1 aliphatic carbocycles. The van der Waals surface area contributed by atoms with Crippen LogP contribution >= 0.6 is 0 Å². The minimum absolute atomic E-state index is 0.0935. The van der Waals surface area contributed by atoms with E-state index in [1.807, 2.05) is 0 Å². The standard InChI is InChI=1S/C15H16FN5O3/c16-11-3-1-10-2-4-14(13(10)7-11)19-15(22)17-5-6-20-9-12(8-18-20)21(23)24/h1,3,7-9,14H,2,4-6H2,(H2,17,19,22)/t14-/m1/s1. The van der Waals surface area contributed by atoms with Gasteiger partial charge in [0.1, 0.15) is 18.2 Å². The van der Waals surface area contributed by atoms with E-state index in [0.29, 0.717) is 6.54 Å². The summed E-state index contributed by atoms with van der Waals surface area (Å²) in [6, 6.07) is 4.05. The van der Waals surface area contributed by atoms with Crippen molar-refractivity contribution >= 4 is 11.7 Å². The van der Waals surface area contributed by atoms with E-state index in [-0.39, 0.29) is 30.1 Å². The van der Waals surface area contributed by atoms with Crippen LogP contribution in [-0.4, -0.2) is 27.3 Å². The van der Waals surface area contributed by atoms with Gasteiger partial charge in [-0.15, -0.1) is 0 Å². The van der Waals surface area contributed by atoms with E-state index in [0.717, 1.165) is 30.2 Å². The summed E-state index contributed by atoms with van der Waals surface area (Å²) < 4.78 is 14.7. The zero-order valence-electron chi connectivity index (χ0n) is 12.7. The molecular weight excluding hydrogens is 317 g/mol. The van der Waals surface area contributed by atoms with Gasteiger partial charge < -0.3 is 10.6 Å². The summed E-state index contributed by atoms with van der Waals surface area (Å²) in [7, 11) is 0. The van der Waals surface area contributed by atoms with Gasteiger partial charge in [-0.3, -0.25) is 14.8 Å². The lowest BCUT2D eigenvalue weighted by atomic mass is 10.1. The Bertz CT molecular complexity index is 776. The molecule has 2 amide bonds. The van der Waals surface area contributed by atoms with E-state index in [1.165, 1.54) is 23.0 Å². The Hall–Kier alpha value is -2.97. The van der Waals surface area contributed by atoms with Crippen molar-refractivity contribution in [2.45, 2.75) is 25.4 Å². The van der Waals surface area contributed by atoms with Gasteiger partial charge in [0.15, 0.2) is 0 Å². The highest BCUT2D eigenvalue weighted by Crippen LogP contribution is 2.31. The molecule has 9 heteroatoms. The molecule has 0 aliphatic heterocycles. The first kappa shape index (κ1) is 15.9. The number of carbonyl (C=O) groups is 1. The Morgan fingerprint density at radius 1 is 1.50 bits per heavy atom. The van der Waals surface area contributed by atoms with Crippen molar-refractivity contribution in [3.05, 3.63) is 57.7 Å². The zero-order chi connectivity index (χ0) is 17.1. The fraction of sp³-hybridized carbons (Fsp3) is 0.333. The lowest BCUT2D eigenvalue weighted by Crippen LogP contribution is -2.38. The third-order valence-electron chi connectivity index (χ3n) is 3.95. The molecule has 2 aromatic rings. The molecule has 1 heterocycles. The van der Waals surface area contributed by atoms with Crippen molar-refractivity contribution in [3.8, 4) is 0 Å². The number of carbonyl (C=O) groups excluding carboxylic acids is 1. The molecule has 1 aliphatic rings. The topological polar surface area (TPSA) is 102 Å². The molecule has 1 aromatic carbocycles. The van der Waals surface area contributed by atoms with Crippen LogP contribution in [0, 0.1) is 15.9 Å². The molecule has 1 aromatic heterocycles. The van der Waals surface area contributed by atoms with E-state index in [1.54, 1.807) is 6.07 Å². The normalized spacial score (nSPS) is 15.8. The maximum atomic E-state index is 13.3. The summed E-state index contributed by atoms with van der Waals surface area (Å²) >= 11 is 0. The number of hydrogen-bond acceptors (Lipinski definition) is 4. The van der Waals surface area contributed by atoms with Crippen LogP contribution in [0.25, 0.3) is 0 Å². The average molecular weight is 333 g/mol. The minimum Gasteiger partial charge on any atom is -0.336 e. The number of nitrogens with one attached hydrogen (secondary N) is 2. The van der Waals surface area contributed by atoms with Gasteiger partial charge in [-0.05, 0) is 36.1 Å². The van der Waals surface area contributed by atoms with Crippen LogP contribution < -0.4 is 10.6 Å². The van der Waals surface area contributed by atoms with E-state index in [4.69, 9.17) is 0 Å². The van der Waals surface area contributed by atoms with Crippen molar-refractivity contribution in [1.82, 2.24) is 20.4 Å². The quantitative estimate of drug-likeness (QED) is 0.644. The molecule has 126 valence electrons. The van der Waals surface area contributed by atoms with E-state index in [9.17, 15) is 19.3 Å². The predicted molar refractivity (Wildman–Crippen MR) is 82.9 cm³/mol. The Morgan fingerprint density at radius 3 is 3.08 bits per heavy atom. The lowest BCUT2D eigenvalue weighted by Gasteiger charge is -2.15. The Kier molecular flexibility index (Phi) is 4.41. The zero-order valence-corrected chi connectivity index (χ0v) is 12.7. The summed E-state index contributed by atoms with van der Waals surface area (Å²) in [4.78, 5) is 22.0. The second kappa shape index (κ2) is 6.65. The molecule has 0 fully saturated rings. The molecule has 3 rings (SSSR count). The monoisotopic (exact) mass is 333 g/mol. The first-order chi connectivity index (χ1) is 11.5. The number of nitro groups is 1. The first-order valence-electron chi connectivity index (χ1n) is 7.52. The summed E-state index contributed by atoms with van der Waals surface area (Å²) in [5.74, 6) is -0.317. The van der Waals surface area contributed by atoms with Gasteiger partial charge in [-0.1, -0.05) is 6.07 Å². The fourth-order valence-electron chi connectivity index (χ4n) is 2.79. The largest absolute Gasteiger partial charge is 0.336 e. The van der Waals surface area contributed by atoms with Crippen molar-refractivity contribution < 1.29 is 14.1 Å². The third kappa shape index (κ3) is 3.50. The number of aryl methyl sites for hydroxylation is 1. The number of aromatic nitrogens is 2. The summed E-state index contributed by atoms with van der Waals surface area (Å²) in [6.07, 6.45) is 3.99. The Labute approximate surface area is 136 Å². The Balaban J connectivity index is 1.48.